The molecule has 0 aromatic rings. The summed E-state index contributed by atoms with van der Waals surface area (Å²) in [6.45, 7) is 13.6. The molecule has 0 bridgehead atoms. The van der Waals surface area contributed by atoms with Crippen molar-refractivity contribution in [1.29, 1.82) is 0 Å². The molecule has 0 aliphatic heterocycles. The summed E-state index contributed by atoms with van der Waals surface area (Å²) < 4.78 is 6.23. The van der Waals surface area contributed by atoms with Crippen LogP contribution in [0.4, 0.5) is 0 Å². The van der Waals surface area contributed by atoms with Crippen molar-refractivity contribution >= 4 is 8.32 Å². The highest BCUT2D eigenvalue weighted by Gasteiger charge is 2.25. The second-order valence-corrected chi connectivity index (χ2v) is 9.26. The van der Waals surface area contributed by atoms with E-state index < -0.39 is 8.32 Å². The zero-order valence-corrected chi connectivity index (χ0v) is 11.2. The molecule has 0 fully saturated rings. The highest BCUT2D eigenvalue weighted by molar-refractivity contribution is 6.71. The van der Waals surface area contributed by atoms with Crippen molar-refractivity contribution in [2.45, 2.75) is 65.8 Å². The van der Waals surface area contributed by atoms with Crippen molar-refractivity contribution in [3.63, 3.8) is 0 Å². The van der Waals surface area contributed by atoms with Gasteiger partial charge in [-0.15, -0.1) is 0 Å². The molecule has 0 N–H and O–H groups in total. The van der Waals surface area contributed by atoms with Gasteiger partial charge in [0, 0.05) is 6.10 Å². The van der Waals surface area contributed by atoms with Crippen LogP contribution in [0.3, 0.4) is 0 Å². The van der Waals surface area contributed by atoms with Crippen LogP contribution in [0.25, 0.3) is 0 Å². The summed E-state index contributed by atoms with van der Waals surface area (Å²) in [5.74, 6) is 0.665. The Balaban J connectivity index is 4.08. The van der Waals surface area contributed by atoms with Crippen LogP contribution in [0, 0.1) is 5.92 Å². The number of rotatable bonds is 6. The van der Waals surface area contributed by atoms with Gasteiger partial charge in [-0.2, -0.15) is 0 Å². The van der Waals surface area contributed by atoms with E-state index in [1.807, 2.05) is 0 Å². The Labute approximate surface area is 85.0 Å². The van der Waals surface area contributed by atoms with Crippen LogP contribution < -0.4 is 0 Å². The Morgan fingerprint density at radius 1 is 1.15 bits per heavy atom. The molecule has 0 aromatic carbocycles. The van der Waals surface area contributed by atoms with E-state index in [9.17, 15) is 0 Å². The standard InChI is InChI=1S/C11H26OSi/c1-7-9-11(10(3)4)12-13(5,6)8-2/h10-11H,7-9H2,1-6H3. The molecule has 80 valence electrons. The molecule has 1 unspecified atom stereocenters. The molecule has 0 radical (unpaired) electrons. The van der Waals surface area contributed by atoms with Gasteiger partial charge in [0.15, 0.2) is 8.32 Å². The predicted molar refractivity (Wildman–Crippen MR) is 62.6 cm³/mol. The van der Waals surface area contributed by atoms with Gasteiger partial charge in [0.05, 0.1) is 0 Å². The first kappa shape index (κ1) is 13.2. The molecule has 0 spiro atoms. The first-order valence-electron chi connectivity index (χ1n) is 5.60. The van der Waals surface area contributed by atoms with E-state index >= 15 is 0 Å². The molecule has 0 aromatic heterocycles. The summed E-state index contributed by atoms with van der Waals surface area (Å²) in [6.07, 6.45) is 2.94. The highest BCUT2D eigenvalue weighted by Crippen LogP contribution is 2.20. The Kier molecular flexibility index (Phi) is 5.89. The van der Waals surface area contributed by atoms with Gasteiger partial charge < -0.3 is 4.43 Å². The van der Waals surface area contributed by atoms with E-state index in [0.29, 0.717) is 12.0 Å². The minimum atomic E-state index is -1.34. The molecule has 0 saturated heterocycles. The maximum atomic E-state index is 6.23. The van der Waals surface area contributed by atoms with Crippen LogP contribution in [0.15, 0.2) is 0 Å². The first-order chi connectivity index (χ1) is 5.93. The second kappa shape index (κ2) is 5.81. The van der Waals surface area contributed by atoms with Crippen molar-refractivity contribution in [1.82, 2.24) is 0 Å². The SMILES string of the molecule is CCCC(O[Si](C)(C)CC)C(C)C. The third-order valence-corrected chi connectivity index (χ3v) is 5.28. The second-order valence-electron chi connectivity index (χ2n) is 4.80. The lowest BCUT2D eigenvalue weighted by Crippen LogP contribution is -2.36. The Hall–Kier alpha value is 0.177. The van der Waals surface area contributed by atoms with Crippen LogP contribution >= 0.6 is 0 Å². The lowest BCUT2D eigenvalue weighted by atomic mass is 10.0. The third-order valence-electron chi connectivity index (χ3n) is 2.64. The molecule has 2 heteroatoms. The van der Waals surface area contributed by atoms with Gasteiger partial charge in [0.2, 0.25) is 0 Å². The van der Waals surface area contributed by atoms with E-state index in [1.165, 1.54) is 18.9 Å². The Bertz CT molecular complexity index is 132. The molecular formula is C11H26OSi. The van der Waals surface area contributed by atoms with Crippen molar-refractivity contribution in [2.75, 3.05) is 0 Å². The largest absolute Gasteiger partial charge is 0.414 e. The van der Waals surface area contributed by atoms with E-state index in [4.69, 9.17) is 4.43 Å². The van der Waals surface area contributed by atoms with Crippen molar-refractivity contribution in [2.24, 2.45) is 5.92 Å². The zero-order chi connectivity index (χ0) is 10.5. The van der Waals surface area contributed by atoms with Gasteiger partial charge in [-0.1, -0.05) is 34.1 Å². The normalized spacial score (nSPS) is 15.0. The van der Waals surface area contributed by atoms with Gasteiger partial charge in [0.25, 0.3) is 0 Å². The molecular weight excluding hydrogens is 176 g/mol. The maximum absolute atomic E-state index is 6.23. The fourth-order valence-electron chi connectivity index (χ4n) is 1.31. The molecule has 0 saturated carbocycles. The van der Waals surface area contributed by atoms with Crippen LogP contribution in [0.1, 0.15) is 40.5 Å². The van der Waals surface area contributed by atoms with Crippen molar-refractivity contribution in [3.8, 4) is 0 Å². The lowest BCUT2D eigenvalue weighted by Gasteiger charge is -2.30. The summed E-state index contributed by atoms with van der Waals surface area (Å²) in [7, 11) is -1.34. The van der Waals surface area contributed by atoms with Crippen LogP contribution in [-0.2, 0) is 4.43 Å². The molecule has 0 heterocycles. The predicted octanol–water partition coefficient (Wildman–Crippen LogP) is 4.05. The molecule has 0 rings (SSSR count). The van der Waals surface area contributed by atoms with E-state index in [2.05, 4.69) is 40.8 Å². The van der Waals surface area contributed by atoms with E-state index in [1.54, 1.807) is 0 Å². The summed E-state index contributed by atoms with van der Waals surface area (Å²) >= 11 is 0. The van der Waals surface area contributed by atoms with E-state index in [-0.39, 0.29) is 0 Å². The van der Waals surface area contributed by atoms with Crippen molar-refractivity contribution in [3.05, 3.63) is 0 Å². The smallest absolute Gasteiger partial charge is 0.186 e. The molecule has 0 aliphatic rings. The summed E-state index contributed by atoms with van der Waals surface area (Å²) in [5, 5.41) is 0. The molecule has 13 heavy (non-hydrogen) atoms. The minimum absolute atomic E-state index is 0.492. The molecule has 0 aliphatic carbocycles. The highest BCUT2D eigenvalue weighted by atomic mass is 28.4. The van der Waals surface area contributed by atoms with Gasteiger partial charge in [0.1, 0.15) is 0 Å². The summed E-state index contributed by atoms with van der Waals surface area (Å²) in [6, 6.07) is 1.22. The maximum Gasteiger partial charge on any atom is 0.186 e. The van der Waals surface area contributed by atoms with Gasteiger partial charge in [-0.3, -0.25) is 0 Å². The zero-order valence-electron chi connectivity index (χ0n) is 10.2. The van der Waals surface area contributed by atoms with Crippen LogP contribution in [-0.4, -0.2) is 14.4 Å². The Morgan fingerprint density at radius 2 is 1.69 bits per heavy atom. The molecule has 0 amide bonds. The number of hydrogen-bond acceptors (Lipinski definition) is 1. The average Bonchev–Trinajstić information content (AvgIpc) is 2.03. The minimum Gasteiger partial charge on any atom is -0.414 e. The van der Waals surface area contributed by atoms with E-state index in [0.717, 1.165) is 0 Å². The average molecular weight is 202 g/mol. The monoisotopic (exact) mass is 202 g/mol. The summed E-state index contributed by atoms with van der Waals surface area (Å²) in [4.78, 5) is 0. The summed E-state index contributed by atoms with van der Waals surface area (Å²) in [5.41, 5.74) is 0. The fourth-order valence-corrected chi connectivity index (χ4v) is 2.68. The third kappa shape index (κ3) is 5.48. The van der Waals surface area contributed by atoms with Crippen molar-refractivity contribution < 1.29 is 4.43 Å². The van der Waals surface area contributed by atoms with Gasteiger partial charge in [-0.05, 0) is 31.5 Å². The van der Waals surface area contributed by atoms with Gasteiger partial charge >= 0.3 is 0 Å². The fraction of sp³-hybridized carbons (Fsp3) is 1.00. The molecule has 1 nitrogen and oxygen atoms in total. The van der Waals surface area contributed by atoms with Gasteiger partial charge in [-0.25, -0.2) is 0 Å². The quantitative estimate of drug-likeness (QED) is 0.590. The molecule has 1 atom stereocenters. The number of hydrogen-bond donors (Lipinski definition) is 0. The Morgan fingerprint density at radius 3 is 2.00 bits per heavy atom. The lowest BCUT2D eigenvalue weighted by molar-refractivity contribution is 0.132. The first-order valence-corrected chi connectivity index (χ1v) is 8.72. The topological polar surface area (TPSA) is 9.23 Å². The van der Waals surface area contributed by atoms with Crippen LogP contribution in [0.2, 0.25) is 19.1 Å². The van der Waals surface area contributed by atoms with Crippen LogP contribution in [0.5, 0.6) is 0 Å².